The van der Waals surface area contributed by atoms with Crippen LogP contribution in [0.5, 0.6) is 5.75 Å². The molecule has 2 N–H and O–H groups in total. The van der Waals surface area contributed by atoms with Crippen LogP contribution in [0.25, 0.3) is 11.4 Å². The molecule has 1 aromatic heterocycles. The summed E-state index contributed by atoms with van der Waals surface area (Å²) in [4.78, 5) is 16.8. The molecule has 0 aliphatic carbocycles. The van der Waals surface area contributed by atoms with Gasteiger partial charge in [-0.1, -0.05) is 12.1 Å². The van der Waals surface area contributed by atoms with E-state index >= 15 is 0 Å². The number of H-pyrrole nitrogens is 1. The van der Waals surface area contributed by atoms with E-state index in [-0.39, 0.29) is 5.91 Å². The Balaban J connectivity index is 1.56. The average Bonchev–Trinajstić information content (AvgIpc) is 3.23. The SMILES string of the molecule is Cc1nc(-c2cccc(NC(=O)c3ccc4c(c3)CCO4)c2)n[nH]1. The van der Waals surface area contributed by atoms with Crippen LogP contribution < -0.4 is 10.1 Å². The predicted molar refractivity (Wildman–Crippen MR) is 90.1 cm³/mol. The minimum Gasteiger partial charge on any atom is -0.493 e. The van der Waals surface area contributed by atoms with E-state index in [2.05, 4.69) is 20.5 Å². The van der Waals surface area contributed by atoms with Gasteiger partial charge in [0.1, 0.15) is 11.6 Å². The fourth-order valence-corrected chi connectivity index (χ4v) is 2.74. The number of aromatic nitrogens is 3. The van der Waals surface area contributed by atoms with Gasteiger partial charge in [-0.2, -0.15) is 5.10 Å². The Hall–Kier alpha value is -3.15. The van der Waals surface area contributed by atoms with E-state index in [0.29, 0.717) is 23.7 Å². The number of rotatable bonds is 3. The average molecular weight is 320 g/mol. The maximum Gasteiger partial charge on any atom is 0.255 e. The molecule has 0 saturated carbocycles. The van der Waals surface area contributed by atoms with Crippen LogP contribution in [-0.2, 0) is 6.42 Å². The van der Waals surface area contributed by atoms with Gasteiger partial charge in [-0.15, -0.1) is 0 Å². The summed E-state index contributed by atoms with van der Waals surface area (Å²) in [5, 5.41) is 9.88. The molecule has 6 nitrogen and oxygen atoms in total. The first-order valence-electron chi connectivity index (χ1n) is 7.75. The highest BCUT2D eigenvalue weighted by molar-refractivity contribution is 6.04. The summed E-state index contributed by atoms with van der Waals surface area (Å²) in [5.41, 5.74) is 3.25. The largest absolute Gasteiger partial charge is 0.493 e. The number of nitrogens with one attached hydrogen (secondary N) is 2. The molecule has 1 aliphatic heterocycles. The number of fused-ring (bicyclic) bond motifs is 1. The number of hydrogen-bond acceptors (Lipinski definition) is 4. The van der Waals surface area contributed by atoms with Gasteiger partial charge < -0.3 is 10.1 Å². The fourth-order valence-electron chi connectivity index (χ4n) is 2.74. The minimum atomic E-state index is -0.145. The normalized spacial score (nSPS) is 12.5. The van der Waals surface area contributed by atoms with Gasteiger partial charge in [0.25, 0.3) is 5.91 Å². The number of carbonyl (C=O) groups excluding carboxylic acids is 1. The molecular weight excluding hydrogens is 304 g/mol. The summed E-state index contributed by atoms with van der Waals surface area (Å²) >= 11 is 0. The van der Waals surface area contributed by atoms with Crippen LogP contribution in [-0.4, -0.2) is 27.7 Å². The third-order valence-corrected chi connectivity index (χ3v) is 3.93. The van der Waals surface area contributed by atoms with Crippen LogP contribution in [0.1, 0.15) is 21.7 Å². The zero-order valence-electron chi connectivity index (χ0n) is 13.2. The first-order valence-corrected chi connectivity index (χ1v) is 7.75. The highest BCUT2D eigenvalue weighted by atomic mass is 16.5. The molecule has 0 fully saturated rings. The summed E-state index contributed by atoms with van der Waals surface area (Å²) in [7, 11) is 0. The Bertz CT molecular complexity index is 917. The first-order chi connectivity index (χ1) is 11.7. The Morgan fingerprint density at radius 3 is 3.00 bits per heavy atom. The standard InChI is InChI=1S/C18H16N4O2/c1-11-19-17(22-21-11)13-3-2-4-15(10-13)20-18(23)14-5-6-16-12(9-14)7-8-24-16/h2-6,9-10H,7-8H2,1H3,(H,20,23)(H,19,21,22). The molecule has 2 heterocycles. The molecule has 120 valence electrons. The second-order valence-corrected chi connectivity index (χ2v) is 5.70. The van der Waals surface area contributed by atoms with Crippen molar-refractivity contribution < 1.29 is 9.53 Å². The Kier molecular flexibility index (Phi) is 3.49. The van der Waals surface area contributed by atoms with Crippen molar-refractivity contribution in [3.05, 3.63) is 59.4 Å². The summed E-state index contributed by atoms with van der Waals surface area (Å²) in [6, 6.07) is 13.0. The molecule has 0 saturated heterocycles. The first kappa shape index (κ1) is 14.4. The van der Waals surface area contributed by atoms with E-state index in [0.717, 1.165) is 29.1 Å². The highest BCUT2D eigenvalue weighted by Gasteiger charge is 2.15. The molecule has 0 radical (unpaired) electrons. The predicted octanol–water partition coefficient (Wildman–Crippen LogP) is 2.97. The number of anilines is 1. The van der Waals surface area contributed by atoms with Crippen molar-refractivity contribution >= 4 is 11.6 Å². The molecule has 1 amide bonds. The van der Waals surface area contributed by atoms with E-state index < -0.39 is 0 Å². The van der Waals surface area contributed by atoms with Gasteiger partial charge in [-0.3, -0.25) is 9.89 Å². The maximum absolute atomic E-state index is 12.5. The number of benzene rings is 2. The minimum absolute atomic E-state index is 0.145. The summed E-state index contributed by atoms with van der Waals surface area (Å²) in [6.45, 7) is 2.53. The zero-order valence-corrected chi connectivity index (χ0v) is 13.2. The second kappa shape index (κ2) is 5.81. The number of nitrogens with zero attached hydrogens (tertiary/aromatic N) is 2. The molecule has 3 aromatic rings. The number of aryl methyl sites for hydroxylation is 1. The quantitative estimate of drug-likeness (QED) is 0.777. The summed E-state index contributed by atoms with van der Waals surface area (Å²) in [6.07, 6.45) is 0.843. The van der Waals surface area contributed by atoms with E-state index in [4.69, 9.17) is 4.74 Å². The van der Waals surface area contributed by atoms with Gasteiger partial charge >= 0.3 is 0 Å². The Labute approximate surface area is 138 Å². The smallest absolute Gasteiger partial charge is 0.255 e. The van der Waals surface area contributed by atoms with Crippen molar-refractivity contribution in [1.29, 1.82) is 0 Å². The van der Waals surface area contributed by atoms with Crippen LogP contribution in [0.3, 0.4) is 0 Å². The molecule has 1 aliphatic rings. The molecule has 0 bridgehead atoms. The van der Waals surface area contributed by atoms with Crippen molar-refractivity contribution in [3.63, 3.8) is 0 Å². The van der Waals surface area contributed by atoms with E-state index in [1.807, 2.05) is 43.3 Å². The fraction of sp³-hybridized carbons (Fsp3) is 0.167. The lowest BCUT2D eigenvalue weighted by Gasteiger charge is -2.07. The number of carbonyl (C=O) groups is 1. The Morgan fingerprint density at radius 2 is 2.17 bits per heavy atom. The molecule has 4 rings (SSSR count). The molecule has 2 aromatic carbocycles. The zero-order chi connectivity index (χ0) is 16.5. The van der Waals surface area contributed by atoms with Gasteiger partial charge in [-0.05, 0) is 42.8 Å². The van der Waals surface area contributed by atoms with Crippen LogP contribution in [0.4, 0.5) is 5.69 Å². The van der Waals surface area contributed by atoms with E-state index in [9.17, 15) is 4.79 Å². The summed E-state index contributed by atoms with van der Waals surface area (Å²) < 4.78 is 5.47. The van der Waals surface area contributed by atoms with Crippen molar-refractivity contribution in [2.45, 2.75) is 13.3 Å². The molecule has 0 spiro atoms. The lowest BCUT2D eigenvalue weighted by atomic mass is 10.1. The van der Waals surface area contributed by atoms with Gasteiger partial charge in [0, 0.05) is 23.2 Å². The number of ether oxygens (including phenoxy) is 1. The number of hydrogen-bond donors (Lipinski definition) is 2. The van der Waals surface area contributed by atoms with Gasteiger partial charge in [0.2, 0.25) is 0 Å². The molecule has 0 atom stereocenters. The highest BCUT2D eigenvalue weighted by Crippen LogP contribution is 2.26. The molecule has 6 heteroatoms. The second-order valence-electron chi connectivity index (χ2n) is 5.70. The van der Waals surface area contributed by atoms with Gasteiger partial charge in [-0.25, -0.2) is 4.98 Å². The van der Waals surface area contributed by atoms with Gasteiger partial charge in [0.05, 0.1) is 6.61 Å². The van der Waals surface area contributed by atoms with Crippen molar-refractivity contribution in [2.24, 2.45) is 0 Å². The molecule has 0 unspecified atom stereocenters. The van der Waals surface area contributed by atoms with Gasteiger partial charge in [0.15, 0.2) is 5.82 Å². The molecule has 24 heavy (non-hydrogen) atoms. The lowest BCUT2D eigenvalue weighted by Crippen LogP contribution is -2.12. The van der Waals surface area contributed by atoms with E-state index in [1.54, 1.807) is 6.07 Å². The monoisotopic (exact) mass is 320 g/mol. The molecular formula is C18H16N4O2. The maximum atomic E-state index is 12.5. The van der Waals surface area contributed by atoms with Crippen molar-refractivity contribution in [1.82, 2.24) is 15.2 Å². The van der Waals surface area contributed by atoms with Crippen molar-refractivity contribution in [2.75, 3.05) is 11.9 Å². The van der Waals surface area contributed by atoms with Crippen LogP contribution >= 0.6 is 0 Å². The summed E-state index contributed by atoms with van der Waals surface area (Å²) in [5.74, 6) is 2.08. The Morgan fingerprint density at radius 1 is 1.25 bits per heavy atom. The number of amides is 1. The van der Waals surface area contributed by atoms with Crippen LogP contribution in [0.15, 0.2) is 42.5 Å². The van der Waals surface area contributed by atoms with Crippen molar-refractivity contribution in [3.8, 4) is 17.1 Å². The topological polar surface area (TPSA) is 79.9 Å². The van der Waals surface area contributed by atoms with Crippen LogP contribution in [0, 0.1) is 6.92 Å². The third-order valence-electron chi connectivity index (χ3n) is 3.93. The number of aromatic amines is 1. The van der Waals surface area contributed by atoms with E-state index in [1.165, 1.54) is 0 Å². The lowest BCUT2D eigenvalue weighted by molar-refractivity contribution is 0.102. The van der Waals surface area contributed by atoms with Crippen LogP contribution in [0.2, 0.25) is 0 Å². The third kappa shape index (κ3) is 2.74.